The highest BCUT2D eigenvalue weighted by Crippen LogP contribution is 2.49. The summed E-state index contributed by atoms with van der Waals surface area (Å²) in [5.41, 5.74) is 1.25. The zero-order chi connectivity index (χ0) is 19.0. The first-order valence-electron chi connectivity index (χ1n) is 9.38. The van der Waals surface area contributed by atoms with E-state index >= 15 is 0 Å². The van der Waals surface area contributed by atoms with Crippen LogP contribution in [0.2, 0.25) is 10.0 Å². The molecule has 1 unspecified atom stereocenters. The number of benzene rings is 1. The second kappa shape index (κ2) is 7.42. The largest absolute Gasteiger partial charge is 0.342 e. The fraction of sp³-hybridized carbons (Fsp3) is 0.429. The topological polar surface area (TPSA) is 45.2 Å². The van der Waals surface area contributed by atoms with E-state index in [4.69, 9.17) is 23.2 Å². The van der Waals surface area contributed by atoms with Gasteiger partial charge in [0.1, 0.15) is 5.69 Å². The minimum Gasteiger partial charge on any atom is -0.342 e. The zero-order valence-electron chi connectivity index (χ0n) is 15.3. The average molecular weight is 404 g/mol. The number of amides is 1. The smallest absolute Gasteiger partial charge is 0.271 e. The molecule has 0 spiro atoms. The lowest BCUT2D eigenvalue weighted by Gasteiger charge is -2.57. The molecule has 5 rings (SSSR count). The highest BCUT2D eigenvalue weighted by Gasteiger charge is 2.50. The van der Waals surface area contributed by atoms with Crippen LogP contribution in [0.4, 0.5) is 0 Å². The van der Waals surface area contributed by atoms with Crippen molar-refractivity contribution in [1.29, 1.82) is 0 Å². The van der Waals surface area contributed by atoms with Crippen LogP contribution < -0.4 is 5.32 Å². The van der Waals surface area contributed by atoms with Crippen molar-refractivity contribution in [2.75, 3.05) is 13.6 Å². The van der Waals surface area contributed by atoms with Crippen molar-refractivity contribution in [3.05, 3.63) is 63.9 Å². The summed E-state index contributed by atoms with van der Waals surface area (Å²) in [6.45, 7) is 1.08. The molecule has 2 aliphatic heterocycles. The minimum absolute atomic E-state index is 0.0787. The second-order valence-corrected chi connectivity index (χ2v) is 8.57. The Bertz CT molecular complexity index is 835. The third-order valence-electron chi connectivity index (χ3n) is 6.23. The molecule has 1 aromatic heterocycles. The number of rotatable bonds is 4. The molecule has 1 N–H and O–H groups in total. The van der Waals surface area contributed by atoms with Crippen LogP contribution in [0.25, 0.3) is 0 Å². The number of likely N-dealkylation sites (N-methyl/N-ethyl adjacent to an activating group) is 1. The number of carbonyl (C=O) groups excluding carboxylic acids is 1. The molecule has 2 bridgehead atoms. The molecule has 3 heterocycles. The van der Waals surface area contributed by atoms with Gasteiger partial charge < -0.3 is 5.32 Å². The summed E-state index contributed by atoms with van der Waals surface area (Å²) in [6, 6.07) is 11.7. The normalized spacial score (nSPS) is 26.0. The molecule has 3 fully saturated rings. The standard InChI is InChI=1S/C21H23Cl2N3O/c1-26-13-14-7-9-21(26,10-8-14)19(15-5-3-2-4-6-15)25-20(27)18-17(23)11-16(22)12-24-18/h2-6,11-12,14,19H,7-10,13H2,1H3,(H,25,27). The van der Waals surface area contributed by atoms with Gasteiger partial charge in [0.15, 0.2) is 0 Å². The van der Waals surface area contributed by atoms with E-state index in [2.05, 4.69) is 34.4 Å². The number of aromatic nitrogens is 1. The number of pyridine rings is 1. The van der Waals surface area contributed by atoms with Gasteiger partial charge in [-0.05, 0) is 50.3 Å². The second-order valence-electron chi connectivity index (χ2n) is 7.73. The van der Waals surface area contributed by atoms with Crippen LogP contribution in [0.1, 0.15) is 47.8 Å². The monoisotopic (exact) mass is 403 g/mol. The average Bonchev–Trinajstić information content (AvgIpc) is 2.67. The lowest BCUT2D eigenvalue weighted by Crippen LogP contribution is -2.62. The van der Waals surface area contributed by atoms with Gasteiger partial charge in [0.05, 0.1) is 16.1 Å². The van der Waals surface area contributed by atoms with Crippen LogP contribution in [0.3, 0.4) is 0 Å². The quantitative estimate of drug-likeness (QED) is 0.801. The SMILES string of the molecule is CN1CC2CCC1(C(NC(=O)c1ncc(Cl)cc1Cl)c1ccccc1)CC2. The zero-order valence-corrected chi connectivity index (χ0v) is 16.8. The Morgan fingerprint density at radius 2 is 1.96 bits per heavy atom. The van der Waals surface area contributed by atoms with E-state index in [0.717, 1.165) is 30.9 Å². The molecule has 2 saturated heterocycles. The number of fused-ring (bicyclic) bond motifs is 3. The number of piperidine rings is 2. The van der Waals surface area contributed by atoms with Gasteiger partial charge in [-0.3, -0.25) is 9.69 Å². The summed E-state index contributed by atoms with van der Waals surface area (Å²) in [4.78, 5) is 19.7. The van der Waals surface area contributed by atoms with E-state index < -0.39 is 0 Å². The van der Waals surface area contributed by atoms with Crippen LogP contribution in [0.5, 0.6) is 0 Å². The molecule has 1 aliphatic carbocycles. The van der Waals surface area contributed by atoms with Crippen molar-refractivity contribution in [3.63, 3.8) is 0 Å². The van der Waals surface area contributed by atoms with Gasteiger partial charge in [0.2, 0.25) is 0 Å². The Labute approximate surface area is 169 Å². The van der Waals surface area contributed by atoms with E-state index in [0.29, 0.717) is 5.02 Å². The van der Waals surface area contributed by atoms with Gasteiger partial charge in [-0.2, -0.15) is 0 Å². The summed E-state index contributed by atoms with van der Waals surface area (Å²) >= 11 is 12.2. The first-order chi connectivity index (χ1) is 13.0. The first-order valence-corrected chi connectivity index (χ1v) is 10.1. The fourth-order valence-electron chi connectivity index (χ4n) is 4.77. The number of halogens is 2. The summed E-state index contributed by atoms with van der Waals surface area (Å²) < 4.78 is 0. The van der Waals surface area contributed by atoms with Gasteiger partial charge in [0.25, 0.3) is 5.91 Å². The molecule has 2 aromatic rings. The molecule has 0 radical (unpaired) electrons. The molecule has 6 heteroatoms. The molecule has 3 aliphatic rings. The highest BCUT2D eigenvalue weighted by atomic mass is 35.5. The van der Waals surface area contributed by atoms with Gasteiger partial charge >= 0.3 is 0 Å². The molecule has 27 heavy (non-hydrogen) atoms. The van der Waals surface area contributed by atoms with Crippen molar-refractivity contribution in [1.82, 2.24) is 15.2 Å². The van der Waals surface area contributed by atoms with Crippen LogP contribution in [-0.4, -0.2) is 34.9 Å². The third kappa shape index (κ3) is 3.46. The Morgan fingerprint density at radius 1 is 1.26 bits per heavy atom. The third-order valence-corrected chi connectivity index (χ3v) is 6.73. The molecule has 1 atom stereocenters. The number of hydrogen-bond acceptors (Lipinski definition) is 3. The first kappa shape index (κ1) is 18.7. The maximum atomic E-state index is 13.1. The molecule has 4 nitrogen and oxygen atoms in total. The van der Waals surface area contributed by atoms with Crippen molar-refractivity contribution < 1.29 is 4.79 Å². The van der Waals surface area contributed by atoms with Crippen molar-refractivity contribution >= 4 is 29.1 Å². The maximum Gasteiger partial charge on any atom is 0.271 e. The molecular formula is C21H23Cl2N3O. The molecule has 1 amide bonds. The lowest BCUT2D eigenvalue weighted by molar-refractivity contribution is -0.0404. The summed E-state index contributed by atoms with van der Waals surface area (Å²) in [5.74, 6) is 0.511. The van der Waals surface area contributed by atoms with E-state index in [1.54, 1.807) is 6.07 Å². The van der Waals surface area contributed by atoms with E-state index in [1.165, 1.54) is 19.0 Å². The molecule has 142 valence electrons. The van der Waals surface area contributed by atoms with Gasteiger partial charge in [-0.25, -0.2) is 4.98 Å². The number of nitrogens with zero attached hydrogens (tertiary/aromatic N) is 2. The molecular weight excluding hydrogens is 381 g/mol. The lowest BCUT2D eigenvalue weighted by atomic mass is 9.66. The number of carbonyl (C=O) groups is 1. The van der Waals surface area contributed by atoms with E-state index in [9.17, 15) is 4.79 Å². The summed E-state index contributed by atoms with van der Waals surface area (Å²) in [5, 5.41) is 3.94. The maximum absolute atomic E-state index is 13.1. The Morgan fingerprint density at radius 3 is 2.59 bits per heavy atom. The Hall–Kier alpha value is -1.62. The van der Waals surface area contributed by atoms with Crippen molar-refractivity contribution in [3.8, 4) is 0 Å². The number of hydrogen-bond donors (Lipinski definition) is 1. The fourth-order valence-corrected chi connectivity index (χ4v) is 5.24. The number of nitrogens with one attached hydrogen (secondary N) is 1. The highest BCUT2D eigenvalue weighted by molar-refractivity contribution is 6.36. The van der Waals surface area contributed by atoms with Crippen molar-refractivity contribution in [2.45, 2.75) is 37.3 Å². The van der Waals surface area contributed by atoms with Crippen LogP contribution in [-0.2, 0) is 0 Å². The van der Waals surface area contributed by atoms with Crippen LogP contribution in [0.15, 0.2) is 42.6 Å². The van der Waals surface area contributed by atoms with E-state index in [1.807, 2.05) is 18.2 Å². The van der Waals surface area contributed by atoms with Gasteiger partial charge in [0, 0.05) is 18.3 Å². The predicted molar refractivity (Wildman–Crippen MR) is 108 cm³/mol. The van der Waals surface area contributed by atoms with Crippen molar-refractivity contribution in [2.24, 2.45) is 5.92 Å². The predicted octanol–water partition coefficient (Wildman–Crippen LogP) is 4.73. The Kier molecular flexibility index (Phi) is 5.15. The van der Waals surface area contributed by atoms with Gasteiger partial charge in [-0.1, -0.05) is 53.5 Å². The van der Waals surface area contributed by atoms with Crippen LogP contribution >= 0.6 is 23.2 Å². The minimum atomic E-state index is -0.263. The van der Waals surface area contributed by atoms with Gasteiger partial charge in [-0.15, -0.1) is 0 Å². The molecule has 1 saturated carbocycles. The summed E-state index contributed by atoms with van der Waals surface area (Å²) in [6.07, 6.45) is 6.04. The Balaban J connectivity index is 1.70. The molecule has 1 aromatic carbocycles. The summed E-state index contributed by atoms with van der Waals surface area (Å²) in [7, 11) is 2.18. The van der Waals surface area contributed by atoms with Crippen LogP contribution in [0, 0.1) is 5.92 Å². The van der Waals surface area contributed by atoms with E-state index in [-0.39, 0.29) is 28.2 Å².